The summed E-state index contributed by atoms with van der Waals surface area (Å²) in [5.41, 5.74) is 34.9. The first-order valence-electron chi connectivity index (χ1n) is 27.6. The molecular weight excluding hydrogens is 1100 g/mol. The zero-order chi connectivity index (χ0) is 61.7. The van der Waals surface area contributed by atoms with E-state index in [-0.39, 0.29) is 93.7 Å². The number of aliphatic imine (C=N–C) groups is 2. The third kappa shape index (κ3) is 20.0. The number of hydrogen-bond acceptors (Lipinski definition) is 13. The van der Waals surface area contributed by atoms with Crippen molar-refractivity contribution in [3.05, 3.63) is 108 Å². The van der Waals surface area contributed by atoms with Gasteiger partial charge in [0.15, 0.2) is 11.9 Å². The predicted octanol–water partition coefficient (Wildman–Crippen LogP) is -1.03. The van der Waals surface area contributed by atoms with E-state index in [1.54, 1.807) is 78.9 Å². The van der Waals surface area contributed by atoms with Gasteiger partial charge in [0.1, 0.15) is 42.3 Å². The predicted molar refractivity (Wildman–Crippen MR) is 319 cm³/mol. The minimum absolute atomic E-state index is 0.0477. The number of anilines is 1. The lowest BCUT2D eigenvalue weighted by Gasteiger charge is -2.31. The molecule has 1 aliphatic heterocycles. The summed E-state index contributed by atoms with van der Waals surface area (Å²) in [5.74, 6) is -7.33. The highest BCUT2D eigenvalue weighted by atomic mass is 32.2. The number of sulfonamides is 1. The summed E-state index contributed by atoms with van der Waals surface area (Å²) in [4.78, 5) is 122. The van der Waals surface area contributed by atoms with E-state index in [1.807, 2.05) is 45.0 Å². The minimum atomic E-state index is -4.42. The van der Waals surface area contributed by atoms with Gasteiger partial charge in [0.2, 0.25) is 57.3 Å². The lowest BCUT2D eigenvalue weighted by Crippen LogP contribution is -2.60. The van der Waals surface area contributed by atoms with Crippen LogP contribution < -0.4 is 70.6 Å². The average molecular weight is 1180 g/mol. The Hall–Kier alpha value is -8.85. The Kier molecular flexibility index (Phi) is 24.8. The fourth-order valence-corrected chi connectivity index (χ4v) is 11.2. The molecule has 0 radical (unpaired) electrons. The molecule has 18 N–H and O–H groups in total. The van der Waals surface area contributed by atoms with E-state index in [4.69, 9.17) is 34.4 Å². The van der Waals surface area contributed by atoms with Gasteiger partial charge < -0.3 is 70.8 Å². The first kappa shape index (κ1) is 66.0. The molecule has 454 valence electrons. The molecule has 1 saturated heterocycles. The summed E-state index contributed by atoms with van der Waals surface area (Å²) in [5, 5.41) is 14.6. The number of fused-ring (bicyclic) bond motifs is 1. The van der Waals surface area contributed by atoms with E-state index in [2.05, 4.69) is 41.3 Å². The van der Waals surface area contributed by atoms with Gasteiger partial charge in [0.05, 0.1) is 11.3 Å². The summed E-state index contributed by atoms with van der Waals surface area (Å²) < 4.78 is 31.6. The van der Waals surface area contributed by atoms with Crippen molar-refractivity contribution in [3.63, 3.8) is 0 Å². The number of carbonyl (C=O) groups excluding carboxylic acids is 8. The molecule has 0 aromatic heterocycles. The Morgan fingerprint density at radius 3 is 1.65 bits per heavy atom. The van der Waals surface area contributed by atoms with Crippen LogP contribution in [-0.2, 0) is 61.2 Å². The third-order valence-electron chi connectivity index (χ3n) is 13.8. The fourth-order valence-electron chi connectivity index (χ4n) is 9.76. The molecule has 1 aliphatic rings. The van der Waals surface area contributed by atoms with Gasteiger partial charge >= 0.3 is 0 Å². The highest BCUT2D eigenvalue weighted by Gasteiger charge is 2.40. The lowest BCUT2D eigenvalue weighted by atomic mass is 9.99. The molecule has 84 heavy (non-hydrogen) atoms. The van der Waals surface area contributed by atoms with Gasteiger partial charge in [-0.1, -0.05) is 98.8 Å². The number of nitrogens with zero attached hydrogens (tertiary/aromatic N) is 4. The second-order valence-electron chi connectivity index (χ2n) is 21.2. The molecule has 0 bridgehead atoms. The van der Waals surface area contributed by atoms with Crippen LogP contribution in [0.3, 0.4) is 0 Å². The summed E-state index contributed by atoms with van der Waals surface area (Å²) in [7, 11) is -0.733. The fraction of sp³-hybridized carbons (Fsp3) is 0.439. The van der Waals surface area contributed by atoms with E-state index in [1.165, 1.54) is 11.0 Å². The first-order valence-corrected chi connectivity index (χ1v) is 29.1. The van der Waals surface area contributed by atoms with Gasteiger partial charge in [0, 0.05) is 56.6 Å². The largest absolute Gasteiger partial charge is 0.377 e. The molecule has 27 heteroatoms. The first-order chi connectivity index (χ1) is 39.8. The summed E-state index contributed by atoms with van der Waals surface area (Å²) in [6.07, 6.45) is -0.0581. The van der Waals surface area contributed by atoms with Crippen LogP contribution in [0, 0.1) is 5.92 Å². The maximum absolute atomic E-state index is 14.8. The molecule has 26 nitrogen and oxygen atoms in total. The van der Waals surface area contributed by atoms with Crippen molar-refractivity contribution < 1.29 is 46.8 Å². The van der Waals surface area contributed by atoms with Crippen LogP contribution in [0.1, 0.15) is 76.3 Å². The number of benzene rings is 4. The van der Waals surface area contributed by atoms with Crippen molar-refractivity contribution in [1.29, 1.82) is 0 Å². The number of guanidine groups is 2. The smallest absolute Gasteiger partial charge is 0.245 e. The lowest BCUT2D eigenvalue weighted by molar-refractivity contribution is -0.142. The zero-order valence-corrected chi connectivity index (χ0v) is 48.6. The van der Waals surface area contributed by atoms with Crippen molar-refractivity contribution in [2.45, 2.75) is 125 Å². The van der Waals surface area contributed by atoms with Crippen LogP contribution in [-0.4, -0.2) is 149 Å². The molecule has 8 amide bonds. The number of nitrogens with two attached hydrogens (primary N) is 6. The Morgan fingerprint density at radius 2 is 1.10 bits per heavy atom. The Balaban J connectivity index is 1.43. The second-order valence-corrected chi connectivity index (χ2v) is 22.9. The number of likely N-dealkylation sites (tertiary alicyclic amines) is 1. The number of rotatable bonds is 32. The van der Waals surface area contributed by atoms with Gasteiger partial charge in [-0.05, 0) is 80.5 Å². The average Bonchev–Trinajstić information content (AvgIpc) is 3.53. The maximum atomic E-state index is 14.8. The standard InChI is InChI=1S/C57H80N16O10S/c1-34(2)30-42(69-53(79)44(32-36-18-9-6-10-19-36)71-84(82,83)47-26-12-20-37-38(47)21-11-24-45(37)72(3)4)51(77)70-43(31-35-16-7-5-8-17-35)52(78)67-40(23-14-28-65-57(62)63)55(81)73-29-15-25-46(73)54(80)66-39(22-13-27-64-56(60)61)50(76)68-41(49(59)75)33-48(58)74/h5-12,16-21,24,26,34,39-44,46,71H,13-15,22-23,25,27-33H2,1-4H3,(H2,58,74)(H2,59,75)(H,66,80)(H,67,78)(H,68,76)(H,69,79)(H,70,77)(H4,60,61,64)(H4,62,63,65)/t39-,40-,41-,42-,43-,44-,46-/m0/s1. The van der Waals surface area contributed by atoms with Crippen LogP contribution in [0.4, 0.5) is 5.69 Å². The van der Waals surface area contributed by atoms with E-state index in [9.17, 15) is 46.8 Å². The van der Waals surface area contributed by atoms with E-state index < -0.39 is 106 Å². The SMILES string of the molecule is CC(C)C[C@H](NC(=O)[C@H](Cc1ccccc1)NS(=O)(=O)c1cccc2c(N(C)C)cccc12)C(=O)N[C@@H](Cc1ccccc1)C(=O)N[C@@H](CCCN=C(N)N)C(=O)N1CCC[C@H]1C(=O)N[C@@H](CCCN=C(N)N)C(=O)N[C@@H](CC(N)=O)C(N)=O. The summed E-state index contributed by atoms with van der Waals surface area (Å²) >= 11 is 0. The van der Waals surface area contributed by atoms with Gasteiger partial charge in [-0.15, -0.1) is 0 Å². The topological polar surface area (TPSA) is 430 Å². The molecule has 5 rings (SSSR count). The van der Waals surface area contributed by atoms with Crippen LogP contribution in [0.25, 0.3) is 10.8 Å². The molecule has 0 aliphatic carbocycles. The Bertz CT molecular complexity index is 3120. The summed E-state index contributed by atoms with van der Waals surface area (Å²) in [6.45, 7) is 3.82. The monoisotopic (exact) mass is 1180 g/mol. The summed E-state index contributed by atoms with van der Waals surface area (Å²) in [6, 6.07) is 18.2. The van der Waals surface area contributed by atoms with E-state index in [0.717, 1.165) is 5.69 Å². The van der Waals surface area contributed by atoms with Crippen molar-refractivity contribution >= 4 is 85.7 Å². The molecule has 0 spiro atoms. The van der Waals surface area contributed by atoms with Gasteiger partial charge in [-0.25, -0.2) is 8.42 Å². The minimum Gasteiger partial charge on any atom is -0.377 e. The molecule has 1 fully saturated rings. The number of amides is 8. The number of hydrogen-bond donors (Lipinski definition) is 12. The van der Waals surface area contributed by atoms with Crippen molar-refractivity contribution in [3.8, 4) is 0 Å². The second kappa shape index (κ2) is 31.5. The quantitative estimate of drug-likeness (QED) is 0.0158. The van der Waals surface area contributed by atoms with Crippen LogP contribution in [0.15, 0.2) is 112 Å². The highest BCUT2D eigenvalue weighted by Crippen LogP contribution is 2.30. The van der Waals surface area contributed by atoms with Crippen LogP contribution in [0.2, 0.25) is 0 Å². The highest BCUT2D eigenvalue weighted by molar-refractivity contribution is 7.89. The van der Waals surface area contributed by atoms with Crippen molar-refractivity contribution in [1.82, 2.24) is 36.2 Å². The van der Waals surface area contributed by atoms with E-state index >= 15 is 0 Å². The molecule has 1 heterocycles. The van der Waals surface area contributed by atoms with Gasteiger partial charge in [-0.3, -0.25) is 48.3 Å². The molecule has 7 atom stereocenters. The Morgan fingerprint density at radius 1 is 0.595 bits per heavy atom. The number of carbonyl (C=O) groups is 8. The normalized spacial score (nSPS) is 15.2. The van der Waals surface area contributed by atoms with Gasteiger partial charge in [0.25, 0.3) is 0 Å². The van der Waals surface area contributed by atoms with Crippen molar-refractivity contribution in [2.75, 3.05) is 38.6 Å². The molecular formula is C57H80N16O10S. The van der Waals surface area contributed by atoms with Crippen LogP contribution in [0.5, 0.6) is 0 Å². The molecule has 0 unspecified atom stereocenters. The van der Waals surface area contributed by atoms with Crippen LogP contribution >= 0.6 is 0 Å². The molecule has 4 aromatic rings. The van der Waals surface area contributed by atoms with Gasteiger partial charge in [-0.2, -0.15) is 4.72 Å². The van der Waals surface area contributed by atoms with E-state index in [0.29, 0.717) is 28.3 Å². The maximum Gasteiger partial charge on any atom is 0.245 e. The van der Waals surface area contributed by atoms with Crippen molar-refractivity contribution in [2.24, 2.45) is 50.3 Å². The zero-order valence-electron chi connectivity index (χ0n) is 47.8. The third-order valence-corrected chi connectivity index (χ3v) is 15.4. The Labute approximate surface area is 489 Å². The molecule has 4 aromatic carbocycles. The number of nitrogens with one attached hydrogen (secondary N) is 6. The number of primary amides is 2. The molecule has 0 saturated carbocycles.